The summed E-state index contributed by atoms with van der Waals surface area (Å²) in [5, 5.41) is 39.0. The lowest BCUT2D eigenvalue weighted by atomic mass is 10.0. The number of hydrogen-bond acceptors (Lipinski definition) is 9. The summed E-state index contributed by atoms with van der Waals surface area (Å²) in [4.78, 5) is 12.0. The number of aliphatic hydroxyl groups excluding tert-OH is 4. The van der Waals surface area contributed by atoms with Crippen molar-refractivity contribution in [3.05, 3.63) is 12.7 Å². The highest BCUT2D eigenvalue weighted by Gasteiger charge is 2.39. The third kappa shape index (κ3) is 2.40. The number of rotatable bonds is 2. The Morgan fingerprint density at radius 2 is 2.00 bits per heavy atom. The Hall–Kier alpha value is -1.85. The van der Waals surface area contributed by atoms with Crippen LogP contribution in [-0.4, -0.2) is 71.0 Å². The summed E-state index contributed by atoms with van der Waals surface area (Å²) in [5.41, 5.74) is 6.49. The van der Waals surface area contributed by atoms with Gasteiger partial charge in [0.1, 0.15) is 36.4 Å². The van der Waals surface area contributed by atoms with E-state index in [1.54, 1.807) is 0 Å². The fourth-order valence-corrected chi connectivity index (χ4v) is 2.54. The summed E-state index contributed by atoms with van der Waals surface area (Å²) in [5.74, 6) is 0.205. The average molecular weight is 311 g/mol. The molecule has 0 amide bonds. The fourth-order valence-electron chi connectivity index (χ4n) is 2.54. The molecule has 1 aliphatic heterocycles. The van der Waals surface area contributed by atoms with Crippen molar-refractivity contribution in [3.8, 4) is 0 Å². The quantitative estimate of drug-likeness (QED) is 0.413. The molecular weight excluding hydrogens is 294 g/mol. The summed E-state index contributed by atoms with van der Waals surface area (Å²) in [6.07, 6.45) is -3.19. The van der Waals surface area contributed by atoms with E-state index in [0.29, 0.717) is 11.2 Å². The molecule has 3 heterocycles. The molecule has 10 heteroatoms. The third-order valence-corrected chi connectivity index (χ3v) is 3.78. The summed E-state index contributed by atoms with van der Waals surface area (Å²) >= 11 is 0. The van der Waals surface area contributed by atoms with Crippen LogP contribution in [0.1, 0.15) is 12.6 Å². The maximum absolute atomic E-state index is 9.97. The third-order valence-electron chi connectivity index (χ3n) is 3.78. The second-order valence-electron chi connectivity index (χ2n) is 5.18. The van der Waals surface area contributed by atoms with Gasteiger partial charge in [-0.15, -0.1) is 0 Å². The van der Waals surface area contributed by atoms with Crippen LogP contribution in [0.4, 0.5) is 5.82 Å². The minimum absolute atomic E-state index is 0.00983. The van der Waals surface area contributed by atoms with Gasteiger partial charge in [0.2, 0.25) is 0 Å². The van der Waals surface area contributed by atoms with Crippen molar-refractivity contribution in [2.24, 2.45) is 0 Å². The topological polar surface area (TPSA) is 160 Å². The maximum atomic E-state index is 9.97. The molecule has 5 atom stereocenters. The van der Waals surface area contributed by atoms with E-state index in [1.165, 1.54) is 17.2 Å². The van der Waals surface area contributed by atoms with Crippen LogP contribution in [0.5, 0.6) is 0 Å². The normalized spacial score (nSPS) is 33.0. The zero-order valence-electron chi connectivity index (χ0n) is 11.5. The molecule has 0 aliphatic carbocycles. The van der Waals surface area contributed by atoms with Crippen LogP contribution in [0.25, 0.3) is 11.2 Å². The van der Waals surface area contributed by atoms with Gasteiger partial charge < -0.3 is 30.9 Å². The largest absolute Gasteiger partial charge is 0.394 e. The van der Waals surface area contributed by atoms with Gasteiger partial charge in [0.15, 0.2) is 11.5 Å². The fraction of sp³-hybridized carbons (Fsp3) is 0.583. The van der Waals surface area contributed by atoms with Crippen LogP contribution in [0.3, 0.4) is 0 Å². The lowest BCUT2D eigenvalue weighted by Gasteiger charge is -2.24. The van der Waals surface area contributed by atoms with E-state index in [4.69, 9.17) is 10.5 Å². The summed E-state index contributed by atoms with van der Waals surface area (Å²) < 4.78 is 7.13. The molecule has 0 spiro atoms. The van der Waals surface area contributed by atoms with Crippen LogP contribution in [0.2, 0.25) is 0 Å². The first kappa shape index (κ1) is 15.1. The number of hydrogen-bond donors (Lipinski definition) is 5. The number of ether oxygens (including phenoxy) is 1. The molecule has 0 unspecified atom stereocenters. The van der Waals surface area contributed by atoms with Crippen LogP contribution in [0, 0.1) is 0 Å². The Morgan fingerprint density at radius 1 is 1.23 bits per heavy atom. The number of nitrogen functional groups attached to an aromatic ring is 1. The molecule has 10 nitrogen and oxygen atoms in total. The standard InChI is InChI=1S/C12H17N5O5/c13-11-8-12(15-3-14-11)17(4-16-8)7-1-5(19)9(20)10(21)6(2-18)22-7/h3-7,9-10,18-21H,1-2H2,(H2,13,14,15)/t5-,6+,7+,9+,10+/m0/s1. The van der Waals surface area contributed by atoms with E-state index in [2.05, 4.69) is 15.0 Å². The van der Waals surface area contributed by atoms with Gasteiger partial charge in [0.25, 0.3) is 0 Å². The van der Waals surface area contributed by atoms with E-state index in [0.717, 1.165) is 0 Å². The van der Waals surface area contributed by atoms with E-state index in [1.807, 2.05) is 0 Å². The Kier molecular flexibility index (Phi) is 3.93. The van der Waals surface area contributed by atoms with Crippen LogP contribution in [-0.2, 0) is 4.74 Å². The molecule has 1 aliphatic rings. The Balaban J connectivity index is 2.00. The number of imidazole rings is 1. The summed E-state index contributed by atoms with van der Waals surface area (Å²) in [6, 6.07) is 0. The molecule has 0 bridgehead atoms. The first-order valence-electron chi connectivity index (χ1n) is 6.76. The average Bonchev–Trinajstić information content (AvgIpc) is 2.91. The molecular formula is C12H17N5O5. The van der Waals surface area contributed by atoms with E-state index in [9.17, 15) is 20.4 Å². The van der Waals surface area contributed by atoms with Crippen molar-refractivity contribution >= 4 is 17.0 Å². The Bertz CT molecular complexity index is 664. The molecule has 0 saturated carbocycles. The molecule has 2 aromatic heterocycles. The van der Waals surface area contributed by atoms with E-state index < -0.39 is 37.3 Å². The molecule has 3 rings (SSSR count). The molecule has 1 saturated heterocycles. The van der Waals surface area contributed by atoms with Crippen molar-refractivity contribution in [2.45, 2.75) is 37.1 Å². The first-order chi connectivity index (χ1) is 10.5. The molecule has 0 aromatic carbocycles. The van der Waals surface area contributed by atoms with Gasteiger partial charge in [-0.25, -0.2) is 15.0 Å². The zero-order chi connectivity index (χ0) is 15.9. The summed E-state index contributed by atoms with van der Waals surface area (Å²) in [6.45, 7) is -0.509. The first-order valence-corrected chi connectivity index (χ1v) is 6.76. The van der Waals surface area contributed by atoms with Gasteiger partial charge in [-0.3, -0.25) is 4.57 Å². The monoisotopic (exact) mass is 311 g/mol. The number of fused-ring (bicyclic) bond motifs is 1. The zero-order valence-corrected chi connectivity index (χ0v) is 11.5. The number of nitrogens with zero attached hydrogens (tertiary/aromatic N) is 4. The van der Waals surface area contributed by atoms with Crippen molar-refractivity contribution in [2.75, 3.05) is 12.3 Å². The minimum Gasteiger partial charge on any atom is -0.394 e. The van der Waals surface area contributed by atoms with Crippen LogP contribution >= 0.6 is 0 Å². The van der Waals surface area contributed by atoms with E-state index in [-0.39, 0.29) is 12.2 Å². The van der Waals surface area contributed by atoms with Gasteiger partial charge in [-0.05, 0) is 0 Å². The Morgan fingerprint density at radius 3 is 2.73 bits per heavy atom. The molecule has 22 heavy (non-hydrogen) atoms. The molecule has 120 valence electrons. The SMILES string of the molecule is Nc1ncnc2c1ncn2[C@H]1C[C@H](O)[C@@H](O)[C@H](O)[C@@H](CO)O1. The van der Waals surface area contributed by atoms with Crippen molar-refractivity contribution in [3.63, 3.8) is 0 Å². The van der Waals surface area contributed by atoms with Gasteiger partial charge in [0.05, 0.1) is 19.0 Å². The highest BCUT2D eigenvalue weighted by molar-refractivity contribution is 5.81. The molecule has 0 radical (unpaired) electrons. The van der Waals surface area contributed by atoms with Crippen molar-refractivity contribution < 1.29 is 25.2 Å². The van der Waals surface area contributed by atoms with Gasteiger partial charge >= 0.3 is 0 Å². The second-order valence-corrected chi connectivity index (χ2v) is 5.18. The van der Waals surface area contributed by atoms with Crippen molar-refractivity contribution in [1.29, 1.82) is 0 Å². The predicted octanol–water partition coefficient (Wildman–Crippen LogP) is -2.23. The molecule has 6 N–H and O–H groups in total. The number of aromatic nitrogens is 4. The highest BCUT2D eigenvalue weighted by atomic mass is 16.5. The van der Waals surface area contributed by atoms with Gasteiger partial charge in [0, 0.05) is 6.42 Å². The number of aliphatic hydroxyl groups is 4. The van der Waals surface area contributed by atoms with Crippen LogP contribution < -0.4 is 5.73 Å². The molecule has 2 aromatic rings. The van der Waals surface area contributed by atoms with Crippen molar-refractivity contribution in [1.82, 2.24) is 19.5 Å². The smallest absolute Gasteiger partial charge is 0.167 e. The van der Waals surface area contributed by atoms with Gasteiger partial charge in [-0.2, -0.15) is 0 Å². The van der Waals surface area contributed by atoms with Gasteiger partial charge in [-0.1, -0.05) is 0 Å². The molecule has 1 fully saturated rings. The maximum Gasteiger partial charge on any atom is 0.167 e. The Labute approximate surface area is 124 Å². The summed E-state index contributed by atoms with van der Waals surface area (Å²) in [7, 11) is 0. The minimum atomic E-state index is -1.42. The highest BCUT2D eigenvalue weighted by Crippen LogP contribution is 2.29. The lowest BCUT2D eigenvalue weighted by molar-refractivity contribution is -0.130. The van der Waals surface area contributed by atoms with Crippen LogP contribution in [0.15, 0.2) is 12.7 Å². The number of anilines is 1. The lowest BCUT2D eigenvalue weighted by Crippen LogP contribution is -2.44. The van der Waals surface area contributed by atoms with E-state index >= 15 is 0 Å². The predicted molar refractivity (Wildman–Crippen MR) is 73.4 cm³/mol. The second kappa shape index (κ2) is 5.74. The number of nitrogens with two attached hydrogens (primary N) is 1.